The Bertz CT molecular complexity index is 1090. The molecule has 0 aliphatic carbocycles. The highest BCUT2D eigenvalue weighted by molar-refractivity contribution is 5.78. The number of carbonyl (C=O) groups excluding carboxylic acids is 1. The van der Waals surface area contributed by atoms with Crippen LogP contribution in [0.25, 0.3) is 22.3 Å². The zero-order valence-electron chi connectivity index (χ0n) is 17.6. The third-order valence-corrected chi connectivity index (χ3v) is 5.89. The first kappa shape index (κ1) is 21.2. The predicted octanol–water partition coefficient (Wildman–Crippen LogP) is 5.40. The van der Waals surface area contributed by atoms with Gasteiger partial charge >= 0.3 is 0 Å². The highest BCUT2D eigenvalue weighted by atomic mass is 19.2. The Balaban J connectivity index is 1.84. The van der Waals surface area contributed by atoms with Gasteiger partial charge in [0.2, 0.25) is 5.91 Å². The van der Waals surface area contributed by atoms with Crippen molar-refractivity contribution in [3.8, 4) is 22.3 Å². The average molecular weight is 421 g/mol. The number of hydrogen-bond acceptors (Lipinski definition) is 2. The van der Waals surface area contributed by atoms with Gasteiger partial charge in [-0.3, -0.25) is 4.79 Å². The number of rotatable bonds is 5. The van der Waals surface area contributed by atoms with Crippen LogP contribution in [0.4, 0.5) is 8.78 Å². The zero-order valence-corrected chi connectivity index (χ0v) is 17.6. The molecule has 1 unspecified atom stereocenters. The molecule has 0 spiro atoms. The minimum Gasteiger partial charge on any atom is -0.352 e. The van der Waals surface area contributed by atoms with Crippen molar-refractivity contribution < 1.29 is 13.6 Å². The van der Waals surface area contributed by atoms with Crippen LogP contribution >= 0.6 is 0 Å². The number of piperidine rings is 1. The molecule has 1 fully saturated rings. The lowest BCUT2D eigenvalue weighted by molar-refractivity contribution is -0.119. The van der Waals surface area contributed by atoms with Gasteiger partial charge in [-0.2, -0.15) is 0 Å². The van der Waals surface area contributed by atoms with Crippen molar-refractivity contribution in [3.05, 3.63) is 83.4 Å². The lowest BCUT2D eigenvalue weighted by atomic mass is 9.84. The Hall–Kier alpha value is -3.05. The van der Waals surface area contributed by atoms with E-state index in [-0.39, 0.29) is 17.4 Å². The van der Waals surface area contributed by atoms with Crippen molar-refractivity contribution in [2.24, 2.45) is 0 Å². The van der Waals surface area contributed by atoms with Crippen molar-refractivity contribution in [1.29, 1.82) is 0 Å². The number of halogens is 2. The molecule has 0 saturated carbocycles. The second-order valence-electron chi connectivity index (χ2n) is 8.01. The van der Waals surface area contributed by atoms with Gasteiger partial charge in [-0.25, -0.2) is 8.78 Å². The molecular weight excluding hydrogens is 394 g/mol. The SMILES string of the molecule is CC(=O)NCc1ccccc1-c1ccc(C2CCCNC2)c(-c2cccc(F)c2F)c1. The fourth-order valence-corrected chi connectivity index (χ4v) is 4.32. The molecular formula is C26H26F2N2O. The van der Waals surface area contributed by atoms with E-state index < -0.39 is 11.6 Å². The fraction of sp³-hybridized carbons (Fsp3) is 0.269. The first-order chi connectivity index (χ1) is 15.0. The van der Waals surface area contributed by atoms with E-state index in [0.717, 1.165) is 59.8 Å². The molecule has 3 aromatic carbocycles. The van der Waals surface area contributed by atoms with E-state index in [9.17, 15) is 13.6 Å². The van der Waals surface area contributed by atoms with Crippen molar-refractivity contribution in [2.75, 3.05) is 13.1 Å². The van der Waals surface area contributed by atoms with Crippen LogP contribution in [0.5, 0.6) is 0 Å². The van der Waals surface area contributed by atoms with Gasteiger partial charge in [-0.15, -0.1) is 0 Å². The minimum absolute atomic E-state index is 0.0996. The summed E-state index contributed by atoms with van der Waals surface area (Å²) in [5.41, 5.74) is 4.87. The molecule has 1 amide bonds. The summed E-state index contributed by atoms with van der Waals surface area (Å²) < 4.78 is 28.9. The molecule has 31 heavy (non-hydrogen) atoms. The molecule has 1 saturated heterocycles. The number of hydrogen-bond donors (Lipinski definition) is 2. The maximum Gasteiger partial charge on any atom is 0.217 e. The Morgan fingerprint density at radius 1 is 1.03 bits per heavy atom. The van der Waals surface area contributed by atoms with Crippen LogP contribution in [0.15, 0.2) is 60.7 Å². The molecule has 2 N–H and O–H groups in total. The van der Waals surface area contributed by atoms with Gasteiger partial charge in [0, 0.05) is 25.6 Å². The predicted molar refractivity (Wildman–Crippen MR) is 120 cm³/mol. The van der Waals surface area contributed by atoms with Crippen LogP contribution in [0.1, 0.15) is 36.8 Å². The topological polar surface area (TPSA) is 41.1 Å². The molecule has 0 aromatic heterocycles. The normalized spacial score (nSPS) is 16.2. The first-order valence-corrected chi connectivity index (χ1v) is 10.7. The summed E-state index contributed by atoms with van der Waals surface area (Å²) >= 11 is 0. The minimum atomic E-state index is -0.846. The third kappa shape index (κ3) is 4.67. The van der Waals surface area contributed by atoms with E-state index in [0.29, 0.717) is 6.54 Å². The van der Waals surface area contributed by atoms with E-state index in [1.54, 1.807) is 12.1 Å². The van der Waals surface area contributed by atoms with Crippen molar-refractivity contribution in [1.82, 2.24) is 10.6 Å². The molecule has 1 aliphatic heterocycles. The monoisotopic (exact) mass is 420 g/mol. The summed E-state index contributed by atoms with van der Waals surface area (Å²) in [6.45, 7) is 3.70. The second-order valence-corrected chi connectivity index (χ2v) is 8.01. The molecule has 4 rings (SSSR count). The summed E-state index contributed by atoms with van der Waals surface area (Å²) in [5.74, 6) is -1.52. The average Bonchev–Trinajstić information content (AvgIpc) is 2.80. The molecule has 5 heteroatoms. The summed E-state index contributed by atoms with van der Waals surface area (Å²) in [6.07, 6.45) is 2.06. The largest absolute Gasteiger partial charge is 0.352 e. The van der Waals surface area contributed by atoms with E-state index >= 15 is 0 Å². The smallest absolute Gasteiger partial charge is 0.217 e. The van der Waals surface area contributed by atoms with Crippen molar-refractivity contribution in [2.45, 2.75) is 32.2 Å². The van der Waals surface area contributed by atoms with E-state index in [1.165, 1.54) is 6.92 Å². The Kier molecular flexibility index (Phi) is 6.42. The highest BCUT2D eigenvalue weighted by Crippen LogP contribution is 2.38. The van der Waals surface area contributed by atoms with Crippen molar-refractivity contribution >= 4 is 5.91 Å². The molecule has 3 nitrogen and oxygen atoms in total. The summed E-state index contributed by atoms with van der Waals surface area (Å²) in [6, 6.07) is 18.2. The summed E-state index contributed by atoms with van der Waals surface area (Å²) in [4.78, 5) is 11.4. The first-order valence-electron chi connectivity index (χ1n) is 10.7. The van der Waals surface area contributed by atoms with Gasteiger partial charge in [0.05, 0.1) is 0 Å². The van der Waals surface area contributed by atoms with Crippen LogP contribution < -0.4 is 10.6 Å². The zero-order chi connectivity index (χ0) is 21.8. The summed E-state index contributed by atoms with van der Waals surface area (Å²) in [7, 11) is 0. The highest BCUT2D eigenvalue weighted by Gasteiger charge is 2.22. The van der Waals surface area contributed by atoms with Crippen LogP contribution in [0, 0.1) is 11.6 Å². The van der Waals surface area contributed by atoms with Gasteiger partial charge < -0.3 is 10.6 Å². The molecule has 0 bridgehead atoms. The maximum atomic E-state index is 14.8. The van der Waals surface area contributed by atoms with Gasteiger partial charge in [-0.1, -0.05) is 48.5 Å². The third-order valence-electron chi connectivity index (χ3n) is 5.89. The van der Waals surface area contributed by atoms with Crippen LogP contribution in [0.3, 0.4) is 0 Å². The lowest BCUT2D eigenvalue weighted by Gasteiger charge is -2.26. The van der Waals surface area contributed by atoms with Gasteiger partial charge in [0.25, 0.3) is 0 Å². The van der Waals surface area contributed by atoms with Gasteiger partial charge in [-0.05, 0) is 65.3 Å². The lowest BCUT2D eigenvalue weighted by Crippen LogP contribution is -2.28. The number of nitrogens with one attached hydrogen (secondary N) is 2. The molecule has 160 valence electrons. The van der Waals surface area contributed by atoms with Crippen LogP contribution in [-0.4, -0.2) is 19.0 Å². The van der Waals surface area contributed by atoms with Crippen LogP contribution in [0.2, 0.25) is 0 Å². The number of amides is 1. The molecule has 1 atom stereocenters. The molecule has 1 heterocycles. The van der Waals surface area contributed by atoms with E-state index in [4.69, 9.17) is 0 Å². The quantitative estimate of drug-likeness (QED) is 0.580. The fourth-order valence-electron chi connectivity index (χ4n) is 4.32. The number of carbonyl (C=O) groups is 1. The molecule has 3 aromatic rings. The van der Waals surface area contributed by atoms with Gasteiger partial charge in [0.15, 0.2) is 11.6 Å². The number of benzene rings is 3. The van der Waals surface area contributed by atoms with E-state index in [2.05, 4.69) is 10.6 Å². The Morgan fingerprint density at radius 2 is 1.84 bits per heavy atom. The standard InChI is InChI=1S/C26H26F2N2O/c1-17(31)30-16-20-6-2-3-8-21(20)18-11-12-22(19-7-5-13-29-15-19)24(14-18)23-9-4-10-25(27)26(23)28/h2-4,6,8-12,14,19,29H,5,7,13,15-16H2,1H3,(H,30,31). The van der Waals surface area contributed by atoms with Crippen molar-refractivity contribution in [3.63, 3.8) is 0 Å². The Labute approximate surface area is 181 Å². The van der Waals surface area contributed by atoms with Gasteiger partial charge in [0.1, 0.15) is 0 Å². The molecule has 0 radical (unpaired) electrons. The summed E-state index contributed by atoms with van der Waals surface area (Å²) in [5, 5.41) is 6.25. The second kappa shape index (κ2) is 9.40. The van der Waals surface area contributed by atoms with Crippen LogP contribution in [-0.2, 0) is 11.3 Å². The van der Waals surface area contributed by atoms with E-state index in [1.807, 2.05) is 42.5 Å². The maximum absolute atomic E-state index is 14.8. The molecule has 1 aliphatic rings. The Morgan fingerprint density at radius 3 is 2.61 bits per heavy atom.